The minimum Gasteiger partial charge on any atom is -0.396 e. The lowest BCUT2D eigenvalue weighted by atomic mass is 10.0. The fourth-order valence-electron chi connectivity index (χ4n) is 1.16. The smallest absolute Gasteiger partial charge is 0.0471 e. The summed E-state index contributed by atoms with van der Waals surface area (Å²) >= 11 is 2.32. The van der Waals surface area contributed by atoms with Crippen LogP contribution >= 0.6 is 22.9 Å². The maximum atomic E-state index is 8.78. The molecule has 0 amide bonds. The number of aliphatic hydroxyl groups is 1. The van der Waals surface area contributed by atoms with E-state index in [1.54, 1.807) is 0 Å². The second-order valence-electron chi connectivity index (χ2n) is 2.56. The molecule has 1 N–H and O–H groups in total. The SMILES string of the molecule is OC[C@H]1CCCN(I)C1. The van der Waals surface area contributed by atoms with E-state index in [1.807, 2.05) is 0 Å². The molecule has 1 aliphatic rings. The van der Waals surface area contributed by atoms with Crippen LogP contribution in [0.5, 0.6) is 0 Å². The highest BCUT2D eigenvalue weighted by Gasteiger charge is 2.16. The van der Waals surface area contributed by atoms with Gasteiger partial charge in [-0.05, 0) is 18.8 Å². The molecule has 1 atom stereocenters. The molecule has 0 aromatic heterocycles. The predicted molar refractivity (Wildman–Crippen MR) is 45.4 cm³/mol. The van der Waals surface area contributed by atoms with Gasteiger partial charge in [-0.15, -0.1) is 0 Å². The molecule has 1 aliphatic heterocycles. The number of aliphatic hydroxyl groups excluding tert-OH is 1. The minimum atomic E-state index is 0.361. The first-order valence-electron chi connectivity index (χ1n) is 3.34. The largest absolute Gasteiger partial charge is 0.396 e. The van der Waals surface area contributed by atoms with Crippen molar-refractivity contribution >= 4 is 22.9 Å². The molecule has 0 aromatic carbocycles. The summed E-state index contributed by atoms with van der Waals surface area (Å²) in [6.07, 6.45) is 2.45. The van der Waals surface area contributed by atoms with Crippen LogP contribution < -0.4 is 0 Å². The zero-order chi connectivity index (χ0) is 6.69. The van der Waals surface area contributed by atoms with E-state index in [2.05, 4.69) is 26.0 Å². The lowest BCUT2D eigenvalue weighted by molar-refractivity contribution is 0.177. The van der Waals surface area contributed by atoms with Gasteiger partial charge in [0.05, 0.1) is 0 Å². The first-order valence-corrected chi connectivity index (χ1v) is 4.31. The maximum Gasteiger partial charge on any atom is 0.0471 e. The van der Waals surface area contributed by atoms with Crippen molar-refractivity contribution in [2.45, 2.75) is 12.8 Å². The topological polar surface area (TPSA) is 23.5 Å². The van der Waals surface area contributed by atoms with Crippen LogP contribution in [0.3, 0.4) is 0 Å². The van der Waals surface area contributed by atoms with Crippen molar-refractivity contribution in [2.24, 2.45) is 5.92 Å². The van der Waals surface area contributed by atoms with E-state index in [0.717, 1.165) is 6.54 Å². The summed E-state index contributed by atoms with van der Waals surface area (Å²) < 4.78 is 2.25. The molecule has 9 heavy (non-hydrogen) atoms. The average Bonchev–Trinajstić information content (AvgIpc) is 1.88. The lowest BCUT2D eigenvalue weighted by Crippen LogP contribution is -2.29. The molecule has 0 spiro atoms. The van der Waals surface area contributed by atoms with Crippen LogP contribution in [0.25, 0.3) is 0 Å². The van der Waals surface area contributed by atoms with Crippen LogP contribution in [0.1, 0.15) is 12.8 Å². The standard InChI is InChI=1S/C6H12INO/c7-8-3-1-2-6(4-8)5-9/h6,9H,1-5H2/t6-/m0/s1. The summed E-state index contributed by atoms with van der Waals surface area (Å²) in [5.41, 5.74) is 0. The molecule has 0 aromatic rings. The number of rotatable bonds is 1. The van der Waals surface area contributed by atoms with Gasteiger partial charge in [0.2, 0.25) is 0 Å². The second-order valence-corrected chi connectivity index (χ2v) is 3.92. The van der Waals surface area contributed by atoms with E-state index in [-0.39, 0.29) is 0 Å². The Morgan fingerprint density at radius 3 is 2.89 bits per heavy atom. The zero-order valence-corrected chi connectivity index (χ0v) is 7.54. The molecular weight excluding hydrogens is 229 g/mol. The fraction of sp³-hybridized carbons (Fsp3) is 1.00. The van der Waals surface area contributed by atoms with Crippen molar-refractivity contribution in [3.05, 3.63) is 0 Å². The van der Waals surface area contributed by atoms with Crippen LogP contribution in [0, 0.1) is 5.92 Å². The lowest BCUT2D eigenvalue weighted by Gasteiger charge is -2.26. The van der Waals surface area contributed by atoms with Crippen molar-refractivity contribution in [1.29, 1.82) is 0 Å². The summed E-state index contributed by atoms with van der Waals surface area (Å²) in [4.78, 5) is 0. The van der Waals surface area contributed by atoms with Gasteiger partial charge in [0.15, 0.2) is 0 Å². The Morgan fingerprint density at radius 1 is 1.67 bits per heavy atom. The van der Waals surface area contributed by atoms with Crippen molar-refractivity contribution in [2.75, 3.05) is 19.7 Å². The first-order chi connectivity index (χ1) is 4.33. The van der Waals surface area contributed by atoms with Crippen molar-refractivity contribution in [3.8, 4) is 0 Å². The van der Waals surface area contributed by atoms with E-state index in [4.69, 9.17) is 5.11 Å². The summed E-state index contributed by atoms with van der Waals surface area (Å²) in [5.74, 6) is 0.538. The molecule has 0 bridgehead atoms. The van der Waals surface area contributed by atoms with Gasteiger partial charge in [0.1, 0.15) is 0 Å². The van der Waals surface area contributed by atoms with E-state index >= 15 is 0 Å². The molecule has 3 heteroatoms. The van der Waals surface area contributed by atoms with E-state index in [1.165, 1.54) is 19.4 Å². The minimum absolute atomic E-state index is 0.361. The third-order valence-corrected chi connectivity index (χ3v) is 2.60. The van der Waals surface area contributed by atoms with Gasteiger partial charge in [0, 0.05) is 42.6 Å². The van der Waals surface area contributed by atoms with Gasteiger partial charge < -0.3 is 5.11 Å². The summed E-state index contributed by atoms with van der Waals surface area (Å²) in [6, 6.07) is 0. The molecule has 0 aliphatic carbocycles. The summed E-state index contributed by atoms with van der Waals surface area (Å²) in [5, 5.41) is 8.78. The highest BCUT2D eigenvalue weighted by atomic mass is 127. The van der Waals surface area contributed by atoms with Crippen LogP contribution in [0.2, 0.25) is 0 Å². The van der Waals surface area contributed by atoms with Crippen molar-refractivity contribution < 1.29 is 5.11 Å². The molecule has 1 fully saturated rings. The molecule has 2 nitrogen and oxygen atoms in total. The highest BCUT2D eigenvalue weighted by Crippen LogP contribution is 2.17. The molecule has 54 valence electrons. The summed E-state index contributed by atoms with van der Waals surface area (Å²) in [6.45, 7) is 2.62. The molecule has 1 heterocycles. The summed E-state index contributed by atoms with van der Waals surface area (Å²) in [7, 11) is 0. The average molecular weight is 241 g/mol. The van der Waals surface area contributed by atoms with Crippen LogP contribution in [-0.2, 0) is 0 Å². The van der Waals surface area contributed by atoms with Gasteiger partial charge in [-0.2, -0.15) is 0 Å². The Morgan fingerprint density at radius 2 is 2.44 bits per heavy atom. The molecule has 0 unspecified atom stereocenters. The molecular formula is C6H12INO. The van der Waals surface area contributed by atoms with E-state index in [0.29, 0.717) is 12.5 Å². The number of hydrogen-bond acceptors (Lipinski definition) is 2. The fourth-order valence-corrected chi connectivity index (χ4v) is 2.06. The first kappa shape index (κ1) is 7.75. The van der Waals surface area contributed by atoms with Gasteiger partial charge in [0.25, 0.3) is 0 Å². The van der Waals surface area contributed by atoms with Gasteiger partial charge in [-0.25, -0.2) is 3.11 Å². The number of hydrogen-bond donors (Lipinski definition) is 1. The van der Waals surface area contributed by atoms with Gasteiger partial charge >= 0.3 is 0 Å². The van der Waals surface area contributed by atoms with E-state index in [9.17, 15) is 0 Å². The highest BCUT2D eigenvalue weighted by molar-refractivity contribution is 14.1. The predicted octanol–water partition coefficient (Wildman–Crippen LogP) is 1.04. The Bertz CT molecular complexity index is 89.1. The Balaban J connectivity index is 2.23. The van der Waals surface area contributed by atoms with Crippen molar-refractivity contribution in [3.63, 3.8) is 0 Å². The van der Waals surface area contributed by atoms with Crippen LogP contribution in [0.15, 0.2) is 0 Å². The van der Waals surface area contributed by atoms with Crippen molar-refractivity contribution in [1.82, 2.24) is 3.11 Å². The van der Waals surface area contributed by atoms with Crippen LogP contribution in [0.4, 0.5) is 0 Å². The Labute approximate surface area is 69.7 Å². The molecule has 0 radical (unpaired) electrons. The Kier molecular flexibility index (Phi) is 3.21. The second kappa shape index (κ2) is 3.73. The maximum absolute atomic E-state index is 8.78. The van der Waals surface area contributed by atoms with Gasteiger partial charge in [-0.3, -0.25) is 0 Å². The Hall–Kier alpha value is 0.650. The molecule has 1 rings (SSSR count). The number of piperidine rings is 1. The molecule has 0 saturated carbocycles. The van der Waals surface area contributed by atoms with Gasteiger partial charge in [-0.1, -0.05) is 0 Å². The van der Waals surface area contributed by atoms with Crippen LogP contribution in [-0.4, -0.2) is 27.9 Å². The normalized spacial score (nSPS) is 30.7. The third-order valence-electron chi connectivity index (χ3n) is 1.73. The monoisotopic (exact) mass is 241 g/mol. The third kappa shape index (κ3) is 2.39. The number of nitrogens with zero attached hydrogens (tertiary/aromatic N) is 1. The van der Waals surface area contributed by atoms with E-state index < -0.39 is 0 Å². The molecule has 1 saturated heterocycles. The quantitative estimate of drug-likeness (QED) is 0.547. The number of halogens is 1. The zero-order valence-electron chi connectivity index (χ0n) is 5.39.